The van der Waals surface area contributed by atoms with Crippen molar-refractivity contribution in [1.82, 2.24) is 14.5 Å². The molecule has 1 aromatic rings. The second-order valence-electron chi connectivity index (χ2n) is 8.80. The Bertz CT molecular complexity index is 927. The number of rotatable bonds is 7. The predicted octanol–water partition coefficient (Wildman–Crippen LogP) is 4.63. The third-order valence-electron chi connectivity index (χ3n) is 6.47. The molecule has 0 amide bonds. The predicted molar refractivity (Wildman–Crippen MR) is 123 cm³/mol. The minimum Gasteiger partial charge on any atom is -0.373 e. The minimum absolute atomic E-state index is 0.0242. The van der Waals surface area contributed by atoms with E-state index in [1.54, 1.807) is 6.08 Å². The van der Waals surface area contributed by atoms with E-state index >= 15 is 0 Å². The maximum atomic E-state index is 13.6. The molecule has 5 nitrogen and oxygen atoms in total. The maximum absolute atomic E-state index is 13.6. The molecule has 2 atom stereocenters. The van der Waals surface area contributed by atoms with Crippen molar-refractivity contribution in [3.8, 4) is 0 Å². The normalized spacial score (nSPS) is 22.6. The molecule has 6 heteroatoms. The van der Waals surface area contributed by atoms with Crippen LogP contribution in [0.5, 0.6) is 0 Å². The van der Waals surface area contributed by atoms with E-state index in [-0.39, 0.29) is 30.1 Å². The number of halogens is 1. The molecule has 0 saturated carbocycles. The van der Waals surface area contributed by atoms with Crippen molar-refractivity contribution in [2.75, 3.05) is 13.2 Å². The van der Waals surface area contributed by atoms with Gasteiger partial charge in [-0.2, -0.15) is 0 Å². The summed E-state index contributed by atoms with van der Waals surface area (Å²) in [7, 11) is 0. The molecule has 170 valence electrons. The van der Waals surface area contributed by atoms with Gasteiger partial charge in [0.1, 0.15) is 11.7 Å². The Kier molecular flexibility index (Phi) is 7.87. The molecule has 0 bridgehead atoms. The molecular weight excluding hydrogens is 393 g/mol. The van der Waals surface area contributed by atoms with Gasteiger partial charge < -0.3 is 9.64 Å². The first-order valence-electron chi connectivity index (χ1n) is 11.4. The molecule has 1 aromatic heterocycles. The fraction of sp³-hybridized carbons (Fsp3) is 0.600. The summed E-state index contributed by atoms with van der Waals surface area (Å²) in [5.74, 6) is 0.728. The summed E-state index contributed by atoms with van der Waals surface area (Å²) in [5.41, 5.74) is 3.41. The number of aryl methyl sites for hydroxylation is 2. The Labute approximate surface area is 185 Å². The van der Waals surface area contributed by atoms with Crippen LogP contribution in [0.1, 0.15) is 63.5 Å². The first-order valence-corrected chi connectivity index (χ1v) is 11.4. The topological polar surface area (TPSA) is 47.4 Å². The molecule has 3 heterocycles. The van der Waals surface area contributed by atoms with E-state index in [0.717, 1.165) is 68.0 Å². The third-order valence-corrected chi connectivity index (χ3v) is 6.47. The smallest absolute Gasteiger partial charge is 0.256 e. The second kappa shape index (κ2) is 10.4. The van der Waals surface area contributed by atoms with E-state index < -0.39 is 0 Å². The summed E-state index contributed by atoms with van der Waals surface area (Å²) in [6.45, 7) is 13.5. The van der Waals surface area contributed by atoms with Crippen molar-refractivity contribution < 1.29 is 9.13 Å². The highest BCUT2D eigenvalue weighted by Crippen LogP contribution is 2.28. The van der Waals surface area contributed by atoms with Crippen LogP contribution in [-0.2, 0) is 24.1 Å². The zero-order valence-electron chi connectivity index (χ0n) is 19.4. The summed E-state index contributed by atoms with van der Waals surface area (Å²) in [6, 6.07) is 0.250. The molecule has 3 rings (SSSR count). The monoisotopic (exact) mass is 429 g/mol. The Balaban J connectivity index is 1.62. The van der Waals surface area contributed by atoms with E-state index in [1.807, 2.05) is 24.5 Å². The minimum atomic E-state index is -0.206. The van der Waals surface area contributed by atoms with Gasteiger partial charge in [-0.1, -0.05) is 18.7 Å². The summed E-state index contributed by atoms with van der Waals surface area (Å²) in [4.78, 5) is 20.0. The Morgan fingerprint density at radius 2 is 2.16 bits per heavy atom. The van der Waals surface area contributed by atoms with Gasteiger partial charge in [-0.25, -0.2) is 9.37 Å². The highest BCUT2D eigenvalue weighted by atomic mass is 19.1. The quantitative estimate of drug-likeness (QED) is 0.593. The first-order chi connectivity index (χ1) is 14.8. The lowest BCUT2D eigenvalue weighted by atomic mass is 9.97. The van der Waals surface area contributed by atoms with Crippen molar-refractivity contribution in [1.29, 1.82) is 0 Å². The Morgan fingerprint density at radius 3 is 2.84 bits per heavy atom. The lowest BCUT2D eigenvalue weighted by Gasteiger charge is -2.41. The van der Waals surface area contributed by atoms with Crippen LogP contribution in [0.3, 0.4) is 0 Å². The molecule has 1 saturated heterocycles. The average Bonchev–Trinajstić information content (AvgIpc) is 2.72. The number of allylic oxidation sites excluding steroid dienone is 2. The summed E-state index contributed by atoms with van der Waals surface area (Å²) in [5, 5.41) is 0. The highest BCUT2D eigenvalue weighted by Gasteiger charge is 2.28. The van der Waals surface area contributed by atoms with Crippen LogP contribution in [0, 0.1) is 6.92 Å². The van der Waals surface area contributed by atoms with Crippen molar-refractivity contribution in [2.24, 2.45) is 0 Å². The molecule has 31 heavy (non-hydrogen) atoms. The van der Waals surface area contributed by atoms with E-state index in [4.69, 9.17) is 9.72 Å². The van der Waals surface area contributed by atoms with Gasteiger partial charge in [-0.15, -0.1) is 0 Å². The lowest BCUT2D eigenvalue weighted by molar-refractivity contribution is 0.0185. The fourth-order valence-corrected chi connectivity index (χ4v) is 4.71. The first kappa shape index (κ1) is 23.5. The van der Waals surface area contributed by atoms with Crippen molar-refractivity contribution >= 4 is 0 Å². The number of aromatic nitrogens is 2. The molecule has 0 spiro atoms. The number of ether oxygens (including phenoxy) is 1. The Morgan fingerprint density at radius 1 is 1.39 bits per heavy atom. The van der Waals surface area contributed by atoms with Gasteiger partial charge in [0.2, 0.25) is 0 Å². The second-order valence-corrected chi connectivity index (χ2v) is 8.80. The van der Waals surface area contributed by atoms with Gasteiger partial charge in [-0.05, 0) is 53.4 Å². The number of piperidine rings is 1. The highest BCUT2D eigenvalue weighted by molar-refractivity contribution is 5.22. The number of fused-ring (bicyclic) bond motifs is 1. The third kappa shape index (κ3) is 5.53. The van der Waals surface area contributed by atoms with Gasteiger partial charge >= 0.3 is 0 Å². The Hall–Kier alpha value is -2.21. The van der Waals surface area contributed by atoms with E-state index in [2.05, 4.69) is 18.4 Å². The number of hydrogen-bond acceptors (Lipinski definition) is 4. The van der Waals surface area contributed by atoms with Crippen LogP contribution >= 0.6 is 0 Å². The SMILES string of the molecule is C=C1CC(OCC(/C=C\C)=C(/C)F)CC(C)N1CCc1c(C)nc2n(c1=O)CCCC2. The van der Waals surface area contributed by atoms with Crippen LogP contribution in [0.15, 0.2) is 40.6 Å². The van der Waals surface area contributed by atoms with E-state index in [0.29, 0.717) is 12.0 Å². The molecule has 1 fully saturated rings. The van der Waals surface area contributed by atoms with Crippen LogP contribution in [-0.4, -0.2) is 39.7 Å². The van der Waals surface area contributed by atoms with Crippen LogP contribution in [0.25, 0.3) is 0 Å². The summed E-state index contributed by atoms with van der Waals surface area (Å²) in [6.07, 6.45) is 8.90. The molecule has 0 radical (unpaired) electrons. The number of nitrogens with zero attached hydrogens (tertiary/aromatic N) is 3. The summed E-state index contributed by atoms with van der Waals surface area (Å²) < 4.78 is 21.5. The van der Waals surface area contributed by atoms with Crippen LogP contribution in [0.2, 0.25) is 0 Å². The van der Waals surface area contributed by atoms with Gasteiger partial charge in [-0.3, -0.25) is 9.36 Å². The number of likely N-dealkylation sites (tertiary alicyclic amines) is 1. The van der Waals surface area contributed by atoms with Crippen LogP contribution < -0.4 is 5.56 Å². The van der Waals surface area contributed by atoms with E-state index in [1.165, 1.54) is 6.92 Å². The number of hydrogen-bond donors (Lipinski definition) is 0. The lowest BCUT2D eigenvalue weighted by Crippen LogP contribution is -2.43. The van der Waals surface area contributed by atoms with Gasteiger partial charge in [0.25, 0.3) is 5.56 Å². The maximum Gasteiger partial charge on any atom is 0.256 e. The average molecular weight is 430 g/mol. The molecule has 0 aliphatic carbocycles. The standard InChI is InChI=1S/C25H36FN3O2/c1-6-9-21(19(4)26)16-31-22-14-17(2)28(18(3)15-22)13-11-23-20(5)27-24-10-7-8-12-29(24)25(23)30/h6,9,18,22H,2,7-8,10-16H2,1,3-5H3/b9-6-,21-19-. The molecule has 0 N–H and O–H groups in total. The van der Waals surface area contributed by atoms with Gasteiger partial charge in [0, 0.05) is 54.5 Å². The molecule has 2 aliphatic heterocycles. The van der Waals surface area contributed by atoms with Crippen molar-refractivity contribution in [2.45, 2.75) is 84.9 Å². The van der Waals surface area contributed by atoms with Crippen LogP contribution in [0.4, 0.5) is 4.39 Å². The zero-order chi connectivity index (χ0) is 22.5. The molecule has 0 aromatic carbocycles. The fourth-order valence-electron chi connectivity index (χ4n) is 4.71. The molecular formula is C25H36FN3O2. The van der Waals surface area contributed by atoms with Crippen molar-refractivity contribution in [3.63, 3.8) is 0 Å². The molecule has 2 unspecified atom stereocenters. The van der Waals surface area contributed by atoms with Gasteiger partial charge in [0.05, 0.1) is 12.7 Å². The summed E-state index contributed by atoms with van der Waals surface area (Å²) >= 11 is 0. The zero-order valence-corrected chi connectivity index (χ0v) is 19.4. The van der Waals surface area contributed by atoms with Crippen molar-refractivity contribution in [3.05, 3.63) is 63.3 Å². The molecule has 2 aliphatic rings. The largest absolute Gasteiger partial charge is 0.373 e. The van der Waals surface area contributed by atoms with E-state index in [9.17, 15) is 9.18 Å². The van der Waals surface area contributed by atoms with Gasteiger partial charge in [0.15, 0.2) is 0 Å².